The van der Waals surface area contributed by atoms with E-state index in [0.717, 1.165) is 0 Å². The van der Waals surface area contributed by atoms with E-state index in [1.54, 1.807) is 6.92 Å². The van der Waals surface area contributed by atoms with Gasteiger partial charge in [-0.2, -0.15) is 12.6 Å². The van der Waals surface area contributed by atoms with Gasteiger partial charge in [0.25, 0.3) is 0 Å². The predicted octanol–water partition coefficient (Wildman–Crippen LogP) is -0.159. The number of imidazole rings is 1. The zero-order valence-electron chi connectivity index (χ0n) is 19.5. The maximum Gasteiger partial charge on any atom is 0.326 e. The van der Waals surface area contributed by atoms with Crippen molar-refractivity contribution in [3.63, 3.8) is 0 Å². The van der Waals surface area contributed by atoms with Gasteiger partial charge in [-0.3, -0.25) is 14.4 Å². The van der Waals surface area contributed by atoms with Crippen LogP contribution in [-0.4, -0.2) is 68.7 Å². The zero-order valence-corrected chi connectivity index (χ0v) is 20.4. The third-order valence-corrected chi connectivity index (χ3v) is 5.65. The summed E-state index contributed by atoms with van der Waals surface area (Å²) < 4.78 is 0. The molecular weight excluding hydrogens is 448 g/mol. The van der Waals surface area contributed by atoms with Gasteiger partial charge >= 0.3 is 5.97 Å². The topological polar surface area (TPSA) is 179 Å². The molecule has 0 aliphatic rings. The number of hydrogen-bond acceptors (Lipinski definition) is 7. The Balaban J connectivity index is 3.08. The number of amides is 3. The zero-order chi connectivity index (χ0) is 25.1. The van der Waals surface area contributed by atoms with Crippen LogP contribution in [0.1, 0.15) is 46.2 Å². The molecule has 1 rings (SSSR count). The summed E-state index contributed by atoms with van der Waals surface area (Å²) in [6.45, 7) is 7.36. The standard InChI is InChI=1S/C21H36N6O5S/c1-5-12(4)17(27-18(28)14(22)9-33)20(30)25-15(7-13-8-23-10-24-13)19(29)26-16(21(31)32)6-11(2)3/h8,10-12,14-17,33H,5-7,9,22H2,1-4H3,(H,23,24)(H,25,30)(H,26,29)(H,27,28)(H,31,32). The molecule has 0 aromatic carbocycles. The summed E-state index contributed by atoms with van der Waals surface area (Å²) in [6, 6.07) is -4.01. The number of aromatic nitrogens is 2. The molecular formula is C21H36N6O5S. The van der Waals surface area contributed by atoms with Gasteiger partial charge in [0.2, 0.25) is 17.7 Å². The highest BCUT2D eigenvalue weighted by atomic mass is 32.1. The molecule has 0 fully saturated rings. The Morgan fingerprint density at radius 3 is 2.21 bits per heavy atom. The van der Waals surface area contributed by atoms with Gasteiger partial charge in [-0.05, 0) is 18.3 Å². The van der Waals surface area contributed by atoms with Gasteiger partial charge in [0.15, 0.2) is 0 Å². The second-order valence-corrected chi connectivity index (χ2v) is 8.90. The molecule has 0 aliphatic heterocycles. The minimum Gasteiger partial charge on any atom is -0.480 e. The molecule has 0 radical (unpaired) electrons. The van der Waals surface area contributed by atoms with Crippen LogP contribution in [0.5, 0.6) is 0 Å². The van der Waals surface area contributed by atoms with Crippen molar-refractivity contribution in [2.75, 3.05) is 5.75 Å². The van der Waals surface area contributed by atoms with Crippen LogP contribution in [0, 0.1) is 11.8 Å². The number of nitrogens with one attached hydrogen (secondary N) is 4. The number of carboxylic acids is 1. The fourth-order valence-corrected chi connectivity index (χ4v) is 3.26. The Hall–Kier alpha value is -2.60. The van der Waals surface area contributed by atoms with Crippen molar-refractivity contribution in [2.45, 2.75) is 71.1 Å². The van der Waals surface area contributed by atoms with Crippen molar-refractivity contribution in [1.82, 2.24) is 25.9 Å². The number of rotatable bonds is 14. The number of hydrogen-bond donors (Lipinski definition) is 7. The Morgan fingerprint density at radius 1 is 1.09 bits per heavy atom. The van der Waals surface area contributed by atoms with Crippen LogP contribution in [0.2, 0.25) is 0 Å². The van der Waals surface area contributed by atoms with E-state index in [1.807, 2.05) is 20.8 Å². The lowest BCUT2D eigenvalue weighted by Crippen LogP contribution is -2.59. The van der Waals surface area contributed by atoms with E-state index in [2.05, 4.69) is 38.5 Å². The van der Waals surface area contributed by atoms with E-state index in [1.165, 1.54) is 12.5 Å². The number of nitrogens with two attached hydrogens (primary N) is 1. The van der Waals surface area contributed by atoms with Gasteiger partial charge in [-0.1, -0.05) is 34.1 Å². The summed E-state index contributed by atoms with van der Waals surface area (Å²) in [5.74, 6) is -3.00. The van der Waals surface area contributed by atoms with Gasteiger partial charge in [-0.15, -0.1) is 0 Å². The highest BCUT2D eigenvalue weighted by Crippen LogP contribution is 2.11. The molecule has 1 aromatic heterocycles. The highest BCUT2D eigenvalue weighted by Gasteiger charge is 2.32. The minimum atomic E-state index is -1.16. The largest absolute Gasteiger partial charge is 0.480 e. The lowest BCUT2D eigenvalue weighted by molar-refractivity contribution is -0.142. The predicted molar refractivity (Wildman–Crippen MR) is 126 cm³/mol. The first kappa shape index (κ1) is 28.4. The number of aromatic amines is 1. The van der Waals surface area contributed by atoms with Gasteiger partial charge in [0, 0.05) is 24.1 Å². The Labute approximate surface area is 199 Å². The van der Waals surface area contributed by atoms with E-state index in [9.17, 15) is 24.3 Å². The summed E-state index contributed by atoms with van der Waals surface area (Å²) in [5, 5.41) is 17.3. The number of aliphatic carboxylic acids is 1. The van der Waals surface area contributed by atoms with Crippen LogP contribution < -0.4 is 21.7 Å². The molecule has 3 amide bonds. The molecule has 0 saturated carbocycles. The summed E-state index contributed by atoms with van der Waals surface area (Å²) >= 11 is 4.01. The first-order valence-corrected chi connectivity index (χ1v) is 11.6. The number of carbonyl (C=O) groups excluding carboxylic acids is 3. The Bertz CT molecular complexity index is 788. The van der Waals surface area contributed by atoms with Gasteiger partial charge in [0.1, 0.15) is 18.1 Å². The molecule has 11 nitrogen and oxygen atoms in total. The average Bonchev–Trinajstić information content (AvgIpc) is 3.27. The lowest BCUT2D eigenvalue weighted by atomic mass is 9.97. The Morgan fingerprint density at radius 2 is 1.73 bits per heavy atom. The molecule has 7 N–H and O–H groups in total. The smallest absolute Gasteiger partial charge is 0.326 e. The van der Waals surface area contributed by atoms with Crippen molar-refractivity contribution in [2.24, 2.45) is 17.6 Å². The quantitative estimate of drug-likeness (QED) is 0.179. The second kappa shape index (κ2) is 13.8. The normalized spacial score (nSPS) is 15.7. The van der Waals surface area contributed by atoms with Crippen molar-refractivity contribution in [3.8, 4) is 0 Å². The third-order valence-electron chi connectivity index (χ3n) is 5.26. The SMILES string of the molecule is CCC(C)C(NC(=O)C(N)CS)C(=O)NC(Cc1cnc[nH]1)C(=O)NC(CC(C)C)C(=O)O. The van der Waals surface area contributed by atoms with E-state index in [4.69, 9.17) is 5.73 Å². The van der Waals surface area contributed by atoms with Crippen LogP contribution in [0.4, 0.5) is 0 Å². The molecule has 1 aromatic rings. The number of carbonyl (C=O) groups is 4. The number of thiol groups is 1. The summed E-state index contributed by atoms with van der Waals surface area (Å²) in [6.07, 6.45) is 3.82. The van der Waals surface area contributed by atoms with Crippen molar-refractivity contribution >= 4 is 36.3 Å². The fourth-order valence-electron chi connectivity index (χ4n) is 3.10. The molecule has 0 bridgehead atoms. The van der Waals surface area contributed by atoms with Crippen LogP contribution >= 0.6 is 12.6 Å². The molecule has 33 heavy (non-hydrogen) atoms. The number of H-pyrrole nitrogens is 1. The monoisotopic (exact) mass is 484 g/mol. The van der Waals surface area contributed by atoms with E-state index in [0.29, 0.717) is 12.1 Å². The highest BCUT2D eigenvalue weighted by molar-refractivity contribution is 7.80. The summed E-state index contributed by atoms with van der Waals surface area (Å²) in [4.78, 5) is 56.8. The third kappa shape index (κ3) is 9.42. The molecule has 186 valence electrons. The first-order chi connectivity index (χ1) is 15.5. The average molecular weight is 485 g/mol. The van der Waals surface area contributed by atoms with Gasteiger partial charge in [0.05, 0.1) is 12.4 Å². The van der Waals surface area contributed by atoms with Crippen LogP contribution in [-0.2, 0) is 25.6 Å². The second-order valence-electron chi connectivity index (χ2n) is 8.53. The number of carboxylic acid groups (broad SMARTS) is 1. The molecule has 5 unspecified atom stereocenters. The first-order valence-electron chi connectivity index (χ1n) is 11.0. The molecule has 0 saturated heterocycles. The Kier molecular flexibility index (Phi) is 11.9. The molecule has 0 aliphatic carbocycles. The molecule has 12 heteroatoms. The van der Waals surface area contributed by atoms with Crippen LogP contribution in [0.25, 0.3) is 0 Å². The van der Waals surface area contributed by atoms with Gasteiger partial charge in [-0.25, -0.2) is 9.78 Å². The summed E-state index contributed by atoms with van der Waals surface area (Å²) in [5.41, 5.74) is 6.29. The van der Waals surface area contributed by atoms with E-state index < -0.39 is 47.9 Å². The van der Waals surface area contributed by atoms with E-state index >= 15 is 0 Å². The molecule has 5 atom stereocenters. The maximum absolute atomic E-state index is 13.1. The van der Waals surface area contributed by atoms with Crippen molar-refractivity contribution in [1.29, 1.82) is 0 Å². The van der Waals surface area contributed by atoms with Crippen LogP contribution in [0.15, 0.2) is 12.5 Å². The minimum absolute atomic E-state index is 0.0353. The van der Waals surface area contributed by atoms with Crippen molar-refractivity contribution < 1.29 is 24.3 Å². The lowest BCUT2D eigenvalue weighted by Gasteiger charge is -2.28. The fraction of sp³-hybridized carbons (Fsp3) is 0.667. The maximum atomic E-state index is 13.1. The van der Waals surface area contributed by atoms with Crippen molar-refractivity contribution in [3.05, 3.63) is 18.2 Å². The van der Waals surface area contributed by atoms with E-state index in [-0.39, 0.29) is 30.4 Å². The van der Waals surface area contributed by atoms with Crippen LogP contribution in [0.3, 0.4) is 0 Å². The number of nitrogens with zero attached hydrogens (tertiary/aromatic N) is 1. The molecule has 0 spiro atoms. The summed E-state index contributed by atoms with van der Waals surface area (Å²) in [7, 11) is 0. The van der Waals surface area contributed by atoms with Gasteiger partial charge < -0.3 is 31.8 Å². The molecule has 1 heterocycles.